The van der Waals surface area contributed by atoms with Crippen LogP contribution in [0.15, 0.2) is 0 Å². The Balaban J connectivity index is 4.70. The number of nitrogens with zero attached hydrogens (tertiary/aromatic N) is 2. The molecule has 0 saturated heterocycles. The lowest BCUT2D eigenvalue weighted by atomic mass is 10.1. The van der Waals surface area contributed by atoms with Crippen LogP contribution in [0, 0.1) is 5.92 Å². The van der Waals surface area contributed by atoms with Gasteiger partial charge >= 0.3 is 26.8 Å². The van der Waals surface area contributed by atoms with E-state index in [1.807, 2.05) is 14.1 Å². The second kappa shape index (κ2) is 16.2. The molecule has 0 aliphatic rings. The molecule has 12 nitrogen and oxygen atoms in total. The fraction of sp³-hybridized carbons (Fsp3) is 0.955. The number of carbonyl (C=O) groups is 1. The number of rotatable bonds is 21. The summed E-state index contributed by atoms with van der Waals surface area (Å²) in [5.41, 5.74) is 0. The minimum absolute atomic E-state index is 0.0407. The molecule has 1 atom stereocenters. The minimum Gasteiger partial charge on any atom is -0.462 e. The van der Waals surface area contributed by atoms with Crippen LogP contribution in [0.4, 0.5) is 0 Å². The van der Waals surface area contributed by atoms with Crippen molar-refractivity contribution in [1.82, 2.24) is 0 Å². The first-order chi connectivity index (χ1) is 16.4. The van der Waals surface area contributed by atoms with Crippen molar-refractivity contribution in [3.8, 4) is 0 Å². The average molecular weight is 565 g/mol. The molecule has 36 heavy (non-hydrogen) atoms. The number of esters is 1. The average Bonchev–Trinajstić information content (AvgIpc) is 2.78. The molecule has 14 heteroatoms. The van der Waals surface area contributed by atoms with Gasteiger partial charge in [-0.25, -0.2) is 8.37 Å². The smallest absolute Gasteiger partial charge is 0.399 e. The minimum atomic E-state index is -3.93. The third kappa shape index (κ3) is 17.6. The predicted octanol–water partition coefficient (Wildman–Crippen LogP) is 1.47. The summed E-state index contributed by atoms with van der Waals surface area (Å²) in [5, 5.41) is 0. The highest BCUT2D eigenvalue weighted by Gasteiger charge is 2.24. The van der Waals surface area contributed by atoms with Gasteiger partial charge in [0.1, 0.15) is 6.10 Å². The van der Waals surface area contributed by atoms with Gasteiger partial charge in [-0.05, 0) is 6.42 Å². The van der Waals surface area contributed by atoms with Crippen molar-refractivity contribution in [3.05, 3.63) is 0 Å². The Hall–Kier alpha value is -0.870. The molecule has 0 heterocycles. The Morgan fingerprint density at radius 3 is 1.53 bits per heavy atom. The first-order valence-electron chi connectivity index (χ1n) is 12.2. The fourth-order valence-electron chi connectivity index (χ4n) is 3.43. The number of hydrogen-bond acceptors (Lipinski definition) is 10. The first kappa shape index (κ1) is 35.1. The normalized spacial score (nSPS) is 14.2. The first-order valence-corrected chi connectivity index (χ1v) is 14.9. The topological polar surface area (TPSA) is 132 Å². The lowest BCUT2D eigenvalue weighted by Gasteiger charge is -2.32. The van der Waals surface area contributed by atoms with E-state index in [-0.39, 0.29) is 31.2 Å². The van der Waals surface area contributed by atoms with E-state index < -0.39 is 20.8 Å². The number of hydrogen-bond donors (Lipinski definition) is 0. The summed E-state index contributed by atoms with van der Waals surface area (Å²) < 4.78 is 70.1. The van der Waals surface area contributed by atoms with Crippen molar-refractivity contribution in [3.63, 3.8) is 0 Å². The molecule has 0 aliphatic carbocycles. The zero-order valence-electron chi connectivity index (χ0n) is 23.2. The van der Waals surface area contributed by atoms with Crippen molar-refractivity contribution in [2.75, 3.05) is 81.8 Å². The van der Waals surface area contributed by atoms with Gasteiger partial charge in [-0.1, -0.05) is 13.8 Å². The van der Waals surface area contributed by atoms with Crippen molar-refractivity contribution in [1.29, 1.82) is 0 Å². The Morgan fingerprint density at radius 2 is 1.11 bits per heavy atom. The van der Waals surface area contributed by atoms with Crippen LogP contribution in [0.25, 0.3) is 0 Å². The zero-order valence-corrected chi connectivity index (χ0v) is 24.9. The number of quaternary nitrogens is 2. The molecule has 0 rings (SSSR count). The number of carbonyl (C=O) groups excluding carboxylic acids is 1. The van der Waals surface area contributed by atoms with Gasteiger partial charge in [0.2, 0.25) is 0 Å². The molecule has 0 aromatic carbocycles. The van der Waals surface area contributed by atoms with Gasteiger partial charge in [0.05, 0.1) is 87.7 Å². The molecule has 0 N–H and O–H groups in total. The van der Waals surface area contributed by atoms with Crippen molar-refractivity contribution >= 4 is 26.8 Å². The van der Waals surface area contributed by atoms with Crippen LogP contribution in [0.3, 0.4) is 0 Å². The summed E-state index contributed by atoms with van der Waals surface area (Å²) >= 11 is 0. The lowest BCUT2D eigenvalue weighted by Crippen LogP contribution is -2.44. The van der Waals surface area contributed by atoms with Gasteiger partial charge in [0.15, 0.2) is 0 Å². The SMILES string of the molecule is COS(=O)(=O)OCCC[N+](C)(C)CCCC(CC[N+](C)(C)CCCOS(=O)(=O)OC)OC(=O)C(C)C. The molecule has 0 fully saturated rings. The molecule has 0 aliphatic heterocycles. The van der Waals surface area contributed by atoms with E-state index in [1.165, 1.54) is 0 Å². The van der Waals surface area contributed by atoms with Crippen LogP contribution in [0.5, 0.6) is 0 Å². The monoisotopic (exact) mass is 564 g/mol. The summed E-state index contributed by atoms with van der Waals surface area (Å²) in [4.78, 5) is 12.3. The van der Waals surface area contributed by atoms with E-state index in [2.05, 4.69) is 22.5 Å². The van der Waals surface area contributed by atoms with Gasteiger partial charge in [-0.3, -0.25) is 13.2 Å². The van der Waals surface area contributed by atoms with Crippen LogP contribution < -0.4 is 0 Å². The molecule has 0 aromatic rings. The maximum atomic E-state index is 12.3. The van der Waals surface area contributed by atoms with Crippen molar-refractivity contribution in [2.24, 2.45) is 5.92 Å². The molecule has 0 amide bonds. The highest BCUT2D eigenvalue weighted by atomic mass is 32.3. The van der Waals surface area contributed by atoms with Crippen LogP contribution in [-0.2, 0) is 47.1 Å². The maximum absolute atomic E-state index is 12.3. The molecule has 0 radical (unpaired) electrons. The van der Waals surface area contributed by atoms with E-state index in [9.17, 15) is 21.6 Å². The van der Waals surface area contributed by atoms with Crippen LogP contribution in [-0.4, -0.2) is 120 Å². The van der Waals surface area contributed by atoms with E-state index in [4.69, 9.17) is 13.1 Å². The van der Waals surface area contributed by atoms with E-state index in [0.717, 1.165) is 40.3 Å². The van der Waals surface area contributed by atoms with Crippen LogP contribution in [0.1, 0.15) is 46.0 Å². The third-order valence-corrected chi connectivity index (χ3v) is 7.51. The summed E-state index contributed by atoms with van der Waals surface area (Å²) in [6.07, 6.45) is 3.09. The van der Waals surface area contributed by atoms with Gasteiger partial charge in [0.25, 0.3) is 0 Å². The summed E-state index contributed by atoms with van der Waals surface area (Å²) in [6, 6.07) is 0. The van der Waals surface area contributed by atoms with Gasteiger partial charge in [-0.15, -0.1) is 0 Å². The predicted molar refractivity (Wildman–Crippen MR) is 135 cm³/mol. The number of ether oxygens (including phenoxy) is 1. The van der Waals surface area contributed by atoms with E-state index >= 15 is 0 Å². The summed E-state index contributed by atoms with van der Waals surface area (Å²) in [5.74, 6) is -0.445. The Bertz CT molecular complexity index is 843. The Morgan fingerprint density at radius 1 is 0.694 bits per heavy atom. The lowest BCUT2D eigenvalue weighted by molar-refractivity contribution is -0.891. The summed E-state index contributed by atoms with van der Waals surface area (Å²) in [6.45, 7) is 6.70. The highest BCUT2D eigenvalue weighted by molar-refractivity contribution is 7.82. The second-order valence-electron chi connectivity index (χ2n) is 10.4. The summed E-state index contributed by atoms with van der Waals surface area (Å²) in [7, 11) is 2.47. The van der Waals surface area contributed by atoms with Crippen LogP contribution in [0.2, 0.25) is 0 Å². The van der Waals surface area contributed by atoms with Crippen LogP contribution >= 0.6 is 0 Å². The molecule has 0 saturated carbocycles. The van der Waals surface area contributed by atoms with Gasteiger partial charge in [-0.2, -0.15) is 16.8 Å². The molecule has 1 unspecified atom stereocenters. The maximum Gasteiger partial charge on any atom is 0.399 e. The van der Waals surface area contributed by atoms with Gasteiger partial charge < -0.3 is 13.7 Å². The second-order valence-corrected chi connectivity index (χ2v) is 13.2. The van der Waals surface area contributed by atoms with Crippen molar-refractivity contribution in [2.45, 2.75) is 52.1 Å². The molecular formula is C22H48N2O10S2+2. The quantitative estimate of drug-likeness (QED) is 0.115. The van der Waals surface area contributed by atoms with E-state index in [1.54, 1.807) is 13.8 Å². The van der Waals surface area contributed by atoms with Gasteiger partial charge in [0, 0.05) is 25.7 Å². The molecule has 0 spiro atoms. The Labute approximate surface area is 218 Å². The third-order valence-electron chi connectivity index (χ3n) is 5.78. The molecule has 0 aromatic heterocycles. The Kier molecular flexibility index (Phi) is 15.8. The molecule has 0 bridgehead atoms. The molecule has 216 valence electrons. The largest absolute Gasteiger partial charge is 0.462 e. The van der Waals surface area contributed by atoms with E-state index in [0.29, 0.717) is 41.2 Å². The fourth-order valence-corrected chi connectivity index (χ4v) is 4.27. The molecular weight excluding hydrogens is 516 g/mol. The standard InChI is InChI=1S/C22H48N2O10S2/c1-20(2)22(25)34-21(13-17-24(5,6)16-11-19-33-36(28,29)31-8)12-9-14-23(3,4)15-10-18-32-35(26,27)30-7/h20-21H,9-19H2,1-8H3/q+2. The van der Waals surface area contributed by atoms with Crippen molar-refractivity contribution < 1.29 is 52.1 Å². The zero-order chi connectivity index (χ0) is 28.0. The highest BCUT2D eigenvalue weighted by Crippen LogP contribution is 2.15.